The van der Waals surface area contributed by atoms with Crippen molar-refractivity contribution in [2.24, 2.45) is 5.92 Å². The van der Waals surface area contributed by atoms with E-state index in [4.69, 9.17) is 4.74 Å². The molecule has 3 N–H and O–H groups in total. The normalized spacial score (nSPS) is 30.4. The summed E-state index contributed by atoms with van der Waals surface area (Å²) in [6.07, 6.45) is 9.42. The maximum atomic E-state index is 13.7. The number of carbonyl (C=O) groups excluding carboxylic acids is 4. The molecule has 0 unspecified atom stereocenters. The van der Waals surface area contributed by atoms with Crippen molar-refractivity contribution in [3.05, 3.63) is 12.2 Å². The lowest BCUT2D eigenvalue weighted by Gasteiger charge is -2.30. The molecule has 224 valence electrons. The van der Waals surface area contributed by atoms with Crippen molar-refractivity contribution in [1.82, 2.24) is 24.6 Å². The van der Waals surface area contributed by atoms with Gasteiger partial charge in [0.15, 0.2) is 0 Å². The van der Waals surface area contributed by atoms with E-state index in [9.17, 15) is 27.6 Å². The largest absolute Gasteiger partial charge is 0.444 e. The molecule has 3 heterocycles. The Morgan fingerprint density at radius 1 is 1.02 bits per heavy atom. The smallest absolute Gasteiger partial charge is 0.408 e. The molecule has 0 radical (unpaired) electrons. The van der Waals surface area contributed by atoms with Gasteiger partial charge in [0.1, 0.15) is 23.2 Å². The van der Waals surface area contributed by atoms with E-state index in [2.05, 4.69) is 15.4 Å². The third-order valence-electron chi connectivity index (χ3n) is 7.95. The Morgan fingerprint density at radius 2 is 1.75 bits per heavy atom. The zero-order valence-electron chi connectivity index (χ0n) is 23.7. The number of amides is 4. The second kappa shape index (κ2) is 12.1. The van der Waals surface area contributed by atoms with Crippen molar-refractivity contribution in [3.63, 3.8) is 0 Å². The summed E-state index contributed by atoms with van der Waals surface area (Å²) in [5, 5.41) is 5.54. The van der Waals surface area contributed by atoms with E-state index in [1.165, 1.54) is 9.21 Å². The van der Waals surface area contributed by atoms with Crippen LogP contribution in [0.15, 0.2) is 12.2 Å². The van der Waals surface area contributed by atoms with E-state index < -0.39 is 51.3 Å². The molecule has 12 nitrogen and oxygen atoms in total. The van der Waals surface area contributed by atoms with Crippen LogP contribution in [0.5, 0.6) is 0 Å². The number of nitrogens with zero attached hydrogens (tertiary/aromatic N) is 2. The van der Waals surface area contributed by atoms with Gasteiger partial charge in [0, 0.05) is 25.6 Å². The van der Waals surface area contributed by atoms with Crippen LogP contribution in [0, 0.1) is 5.92 Å². The SMILES string of the molecule is CC(C)(C)OC(=O)N[C@H]1CCCCCC=C[C@@H]2C[C@@]2(C(=O)NS(=O)(=O)N2CCCC2)NC(=O)[C@@H]2CCCN2C1=O. The van der Waals surface area contributed by atoms with Gasteiger partial charge in [0.2, 0.25) is 11.8 Å². The lowest BCUT2D eigenvalue weighted by Crippen LogP contribution is -2.59. The first-order valence-corrected chi connectivity index (χ1v) is 15.9. The molecule has 4 aliphatic rings. The van der Waals surface area contributed by atoms with Crippen LogP contribution in [0.25, 0.3) is 0 Å². The number of fused-ring (bicyclic) bond motifs is 2. The summed E-state index contributed by atoms with van der Waals surface area (Å²) in [5.41, 5.74) is -2.13. The number of rotatable bonds is 4. The topological polar surface area (TPSA) is 154 Å². The van der Waals surface area contributed by atoms with E-state index >= 15 is 0 Å². The number of hydrogen-bond donors (Lipinski definition) is 3. The zero-order chi connectivity index (χ0) is 29.1. The molecule has 4 atom stereocenters. The summed E-state index contributed by atoms with van der Waals surface area (Å²) in [7, 11) is -4.02. The monoisotopic (exact) mass is 581 g/mol. The molecule has 0 bridgehead atoms. The van der Waals surface area contributed by atoms with Gasteiger partial charge in [-0.3, -0.25) is 14.4 Å². The van der Waals surface area contributed by atoms with Gasteiger partial charge in [-0.15, -0.1) is 0 Å². The molecule has 1 aliphatic carbocycles. The predicted molar refractivity (Wildman–Crippen MR) is 147 cm³/mol. The predicted octanol–water partition coefficient (Wildman–Crippen LogP) is 1.72. The van der Waals surface area contributed by atoms with Crippen molar-refractivity contribution < 1.29 is 32.3 Å². The molecule has 0 aromatic carbocycles. The highest BCUT2D eigenvalue weighted by Crippen LogP contribution is 2.45. The van der Waals surface area contributed by atoms with E-state index in [-0.39, 0.29) is 18.2 Å². The number of nitrogens with one attached hydrogen (secondary N) is 3. The molecule has 1 saturated carbocycles. The first-order chi connectivity index (χ1) is 18.8. The number of alkyl carbamates (subject to hydrolysis) is 1. The fraction of sp³-hybridized carbons (Fsp3) is 0.778. The molecule has 4 rings (SSSR count). The van der Waals surface area contributed by atoms with Crippen molar-refractivity contribution in [1.29, 1.82) is 0 Å². The summed E-state index contributed by atoms with van der Waals surface area (Å²) in [4.78, 5) is 54.6. The van der Waals surface area contributed by atoms with Gasteiger partial charge in [0.05, 0.1) is 0 Å². The Hall–Kier alpha value is -2.67. The summed E-state index contributed by atoms with van der Waals surface area (Å²) in [5.74, 6) is -1.96. The van der Waals surface area contributed by atoms with Gasteiger partial charge in [-0.1, -0.05) is 25.0 Å². The minimum absolute atomic E-state index is 0.278. The van der Waals surface area contributed by atoms with Gasteiger partial charge in [-0.05, 0) is 72.1 Å². The highest BCUT2D eigenvalue weighted by atomic mass is 32.2. The molecular weight excluding hydrogens is 538 g/mol. The van der Waals surface area contributed by atoms with Gasteiger partial charge in [-0.2, -0.15) is 12.7 Å². The highest BCUT2D eigenvalue weighted by Gasteiger charge is 2.61. The van der Waals surface area contributed by atoms with Crippen molar-refractivity contribution in [2.75, 3.05) is 19.6 Å². The summed E-state index contributed by atoms with van der Waals surface area (Å²) >= 11 is 0. The molecule has 4 amide bonds. The van der Waals surface area contributed by atoms with Crippen molar-refractivity contribution in [2.45, 2.75) is 108 Å². The lowest BCUT2D eigenvalue weighted by molar-refractivity contribution is -0.141. The minimum Gasteiger partial charge on any atom is -0.444 e. The Bertz CT molecular complexity index is 1130. The van der Waals surface area contributed by atoms with Crippen LogP contribution in [-0.4, -0.2) is 84.3 Å². The molecule has 0 aromatic rings. The van der Waals surface area contributed by atoms with Crippen LogP contribution in [0.2, 0.25) is 0 Å². The van der Waals surface area contributed by atoms with E-state index in [1.807, 2.05) is 12.2 Å². The fourth-order valence-corrected chi connectivity index (χ4v) is 7.03. The Labute approximate surface area is 236 Å². The number of hydrogen-bond acceptors (Lipinski definition) is 7. The fourth-order valence-electron chi connectivity index (χ4n) is 5.74. The quantitative estimate of drug-likeness (QED) is 0.427. The van der Waals surface area contributed by atoms with E-state index in [0.717, 1.165) is 32.1 Å². The first kappa shape index (κ1) is 30.3. The maximum Gasteiger partial charge on any atom is 0.408 e. The molecule has 0 spiro atoms. The second-order valence-electron chi connectivity index (χ2n) is 12.3. The van der Waals surface area contributed by atoms with Crippen molar-refractivity contribution >= 4 is 34.0 Å². The zero-order valence-corrected chi connectivity index (χ0v) is 24.6. The van der Waals surface area contributed by atoms with Crippen LogP contribution in [0.1, 0.15) is 85.0 Å². The molecule has 3 aliphatic heterocycles. The average molecular weight is 582 g/mol. The van der Waals surface area contributed by atoms with E-state index in [1.54, 1.807) is 20.8 Å². The molecule has 40 heavy (non-hydrogen) atoms. The minimum atomic E-state index is -4.02. The van der Waals surface area contributed by atoms with E-state index in [0.29, 0.717) is 45.3 Å². The molecule has 13 heteroatoms. The Balaban J connectivity index is 1.54. The Kier molecular flexibility index (Phi) is 9.13. The van der Waals surface area contributed by atoms with Crippen LogP contribution >= 0.6 is 0 Å². The molecular formula is C27H43N5O7S. The third kappa shape index (κ3) is 7.15. The summed E-state index contributed by atoms with van der Waals surface area (Å²) < 4.78 is 34.5. The third-order valence-corrected chi connectivity index (χ3v) is 9.44. The van der Waals surface area contributed by atoms with Crippen LogP contribution in [0.3, 0.4) is 0 Å². The van der Waals surface area contributed by atoms with Gasteiger partial charge in [0.25, 0.3) is 5.91 Å². The van der Waals surface area contributed by atoms with Crippen LogP contribution < -0.4 is 15.4 Å². The average Bonchev–Trinajstić information content (AvgIpc) is 3.25. The standard InChI is InChI=1S/C27H43N5O7S/c1-26(2,3)39-25(36)28-20-13-8-6-4-5-7-12-19-18-27(19,24(35)30-40(37,38)31-15-9-10-16-31)29-22(33)21-14-11-17-32(21)23(20)34/h7,12,19-21H,4-6,8-11,13-18H2,1-3H3,(H,28,36)(H,29,33)(H,30,35)/t19-,20+,21+,27-/m1/s1. The van der Waals surface area contributed by atoms with Crippen molar-refractivity contribution in [3.8, 4) is 0 Å². The van der Waals surface area contributed by atoms with Crippen LogP contribution in [0.4, 0.5) is 4.79 Å². The molecule has 2 saturated heterocycles. The number of allylic oxidation sites excluding steroid dienone is 1. The second-order valence-corrected chi connectivity index (χ2v) is 13.9. The maximum absolute atomic E-state index is 13.7. The highest BCUT2D eigenvalue weighted by molar-refractivity contribution is 7.87. The summed E-state index contributed by atoms with van der Waals surface area (Å²) in [6, 6.07) is -1.67. The number of ether oxygens (including phenoxy) is 1. The van der Waals surface area contributed by atoms with Crippen LogP contribution in [-0.2, 0) is 29.3 Å². The molecule has 3 fully saturated rings. The lowest BCUT2D eigenvalue weighted by atomic mass is 10.0. The van der Waals surface area contributed by atoms with Gasteiger partial charge < -0.3 is 20.3 Å². The van der Waals surface area contributed by atoms with Gasteiger partial charge in [-0.25, -0.2) is 9.52 Å². The van der Waals surface area contributed by atoms with Gasteiger partial charge >= 0.3 is 16.3 Å². The molecule has 0 aromatic heterocycles. The summed E-state index contributed by atoms with van der Waals surface area (Å²) in [6.45, 7) is 6.27. The first-order valence-electron chi connectivity index (χ1n) is 14.4. The number of carbonyl (C=O) groups is 4. The Morgan fingerprint density at radius 3 is 2.45 bits per heavy atom.